The van der Waals surface area contributed by atoms with E-state index in [2.05, 4.69) is 9.82 Å². The van der Waals surface area contributed by atoms with Crippen molar-refractivity contribution < 1.29 is 18.3 Å². The summed E-state index contributed by atoms with van der Waals surface area (Å²) in [5, 5.41) is 13.7. The number of rotatable bonds is 7. The fraction of sp³-hybridized carbons (Fsp3) is 0.700. The van der Waals surface area contributed by atoms with E-state index in [9.17, 15) is 13.5 Å². The van der Waals surface area contributed by atoms with Gasteiger partial charge in [-0.2, -0.15) is 5.10 Å². The Hall–Kier alpha value is -1.16. The first-order valence-corrected chi connectivity index (χ1v) is 7.16. The minimum absolute atomic E-state index is 0.0773. The van der Waals surface area contributed by atoms with E-state index in [1.807, 2.05) is 0 Å². The monoisotopic (exact) mass is 292 g/mol. The molecule has 1 aromatic rings. The quantitative estimate of drug-likeness (QED) is 0.597. The fourth-order valence-corrected chi connectivity index (χ4v) is 2.69. The number of nitrogens with one attached hydrogen (secondary N) is 1. The molecular formula is C10H20N4O4S. The lowest BCUT2D eigenvalue weighted by atomic mass is 10.0. The van der Waals surface area contributed by atoms with Crippen molar-refractivity contribution in [2.24, 2.45) is 7.05 Å². The maximum atomic E-state index is 12.0. The molecule has 0 aliphatic carbocycles. The Morgan fingerprint density at radius 2 is 2.26 bits per heavy atom. The highest BCUT2D eigenvalue weighted by molar-refractivity contribution is 7.89. The topological polar surface area (TPSA) is 119 Å². The normalized spacial score (nSPS) is 15.4. The van der Waals surface area contributed by atoms with Crippen molar-refractivity contribution in [1.82, 2.24) is 14.5 Å². The van der Waals surface area contributed by atoms with Crippen LogP contribution in [0, 0.1) is 0 Å². The summed E-state index contributed by atoms with van der Waals surface area (Å²) < 4.78 is 32.5. The molecule has 0 radical (unpaired) electrons. The van der Waals surface area contributed by atoms with Gasteiger partial charge in [0.1, 0.15) is 4.90 Å². The number of nitrogen functional groups attached to an aromatic ring is 1. The molecule has 0 spiro atoms. The Morgan fingerprint density at radius 1 is 1.63 bits per heavy atom. The Labute approximate surface area is 112 Å². The minimum atomic E-state index is -3.79. The van der Waals surface area contributed by atoms with Gasteiger partial charge in [-0.1, -0.05) is 0 Å². The molecule has 4 N–H and O–H groups in total. The standard InChI is InChI=1S/C10H20N4O4S/c1-10(15,4-5-18-3)7-12-19(16,17)8-6-14(2)13-9(8)11/h6,12,15H,4-5,7H2,1-3H3,(H2,11,13). The van der Waals surface area contributed by atoms with E-state index >= 15 is 0 Å². The molecule has 1 heterocycles. The van der Waals surface area contributed by atoms with Crippen LogP contribution in [0.4, 0.5) is 5.82 Å². The van der Waals surface area contributed by atoms with Crippen LogP contribution in [-0.2, 0) is 21.8 Å². The minimum Gasteiger partial charge on any atom is -0.389 e. The molecule has 1 aromatic heterocycles. The molecule has 0 aliphatic rings. The number of aryl methyl sites for hydroxylation is 1. The zero-order valence-corrected chi connectivity index (χ0v) is 12.1. The molecule has 1 atom stereocenters. The molecule has 0 aromatic carbocycles. The molecular weight excluding hydrogens is 272 g/mol. The maximum Gasteiger partial charge on any atom is 0.245 e. The second-order valence-electron chi connectivity index (χ2n) is 4.62. The van der Waals surface area contributed by atoms with Gasteiger partial charge in [0.05, 0.1) is 5.60 Å². The van der Waals surface area contributed by atoms with Crippen LogP contribution in [-0.4, -0.2) is 49.2 Å². The third-order valence-electron chi connectivity index (χ3n) is 2.60. The van der Waals surface area contributed by atoms with Gasteiger partial charge in [-0.3, -0.25) is 4.68 Å². The predicted molar refractivity (Wildman–Crippen MR) is 69.9 cm³/mol. The average molecular weight is 292 g/mol. The molecule has 0 saturated carbocycles. The molecule has 0 aliphatic heterocycles. The van der Waals surface area contributed by atoms with Gasteiger partial charge < -0.3 is 15.6 Å². The largest absolute Gasteiger partial charge is 0.389 e. The highest BCUT2D eigenvalue weighted by Gasteiger charge is 2.26. The first-order valence-electron chi connectivity index (χ1n) is 5.68. The second kappa shape index (κ2) is 5.87. The number of nitrogens with zero attached hydrogens (tertiary/aromatic N) is 2. The van der Waals surface area contributed by atoms with Crippen LogP contribution in [0.2, 0.25) is 0 Å². The molecule has 0 amide bonds. The van der Waals surface area contributed by atoms with E-state index in [0.29, 0.717) is 13.0 Å². The number of anilines is 1. The first-order chi connectivity index (χ1) is 8.68. The van der Waals surface area contributed by atoms with Crippen molar-refractivity contribution in [1.29, 1.82) is 0 Å². The molecule has 19 heavy (non-hydrogen) atoms. The zero-order valence-electron chi connectivity index (χ0n) is 11.3. The molecule has 110 valence electrons. The first kappa shape index (κ1) is 15.9. The molecule has 9 heteroatoms. The third-order valence-corrected chi connectivity index (χ3v) is 4.02. The summed E-state index contributed by atoms with van der Waals surface area (Å²) in [6.07, 6.45) is 1.62. The summed E-state index contributed by atoms with van der Waals surface area (Å²) in [6, 6.07) is 0. The van der Waals surface area contributed by atoms with E-state index in [4.69, 9.17) is 10.5 Å². The molecule has 1 unspecified atom stereocenters. The molecule has 0 saturated heterocycles. The van der Waals surface area contributed by atoms with Crippen molar-refractivity contribution in [3.63, 3.8) is 0 Å². The Kier molecular flexibility index (Phi) is 4.91. The van der Waals surface area contributed by atoms with Gasteiger partial charge in [-0.05, 0) is 6.92 Å². The summed E-state index contributed by atoms with van der Waals surface area (Å²) >= 11 is 0. The molecule has 0 bridgehead atoms. The molecule has 8 nitrogen and oxygen atoms in total. The van der Waals surface area contributed by atoms with Crippen molar-refractivity contribution >= 4 is 15.8 Å². The van der Waals surface area contributed by atoms with Crippen molar-refractivity contribution in [3.05, 3.63) is 6.20 Å². The van der Waals surface area contributed by atoms with Crippen LogP contribution in [0.3, 0.4) is 0 Å². The van der Waals surface area contributed by atoms with Gasteiger partial charge >= 0.3 is 0 Å². The maximum absolute atomic E-state index is 12.0. The summed E-state index contributed by atoms with van der Waals surface area (Å²) in [6.45, 7) is 1.73. The van der Waals surface area contributed by atoms with Crippen LogP contribution in [0.25, 0.3) is 0 Å². The van der Waals surface area contributed by atoms with E-state index in [0.717, 1.165) is 0 Å². The van der Waals surface area contributed by atoms with Crippen LogP contribution in [0.1, 0.15) is 13.3 Å². The number of aromatic nitrogens is 2. The van der Waals surface area contributed by atoms with Crippen molar-refractivity contribution in [2.45, 2.75) is 23.8 Å². The Bertz CT molecular complexity index is 524. The van der Waals surface area contributed by atoms with Gasteiger partial charge in [0.15, 0.2) is 5.82 Å². The van der Waals surface area contributed by atoms with Crippen molar-refractivity contribution in [2.75, 3.05) is 26.0 Å². The summed E-state index contributed by atoms with van der Waals surface area (Å²) in [5.74, 6) is -0.0773. The number of sulfonamides is 1. The summed E-state index contributed by atoms with van der Waals surface area (Å²) in [4.78, 5) is -0.0995. The fourth-order valence-electron chi connectivity index (χ4n) is 1.43. The van der Waals surface area contributed by atoms with E-state index in [-0.39, 0.29) is 17.3 Å². The average Bonchev–Trinajstić information content (AvgIpc) is 2.65. The van der Waals surface area contributed by atoms with Gasteiger partial charge in [0.25, 0.3) is 0 Å². The number of hydrogen-bond acceptors (Lipinski definition) is 6. The highest BCUT2D eigenvalue weighted by Crippen LogP contribution is 2.16. The summed E-state index contributed by atoms with van der Waals surface area (Å²) in [7, 11) is -0.703. The van der Waals surface area contributed by atoms with E-state index in [1.54, 1.807) is 7.05 Å². The second-order valence-corrected chi connectivity index (χ2v) is 6.35. The predicted octanol–water partition coefficient (Wildman–Crippen LogP) is -0.932. The van der Waals surface area contributed by atoms with Crippen LogP contribution < -0.4 is 10.5 Å². The zero-order chi connectivity index (χ0) is 14.7. The summed E-state index contributed by atoms with van der Waals surface area (Å²) in [5.41, 5.74) is 4.32. The van der Waals surface area contributed by atoms with E-state index < -0.39 is 15.6 Å². The van der Waals surface area contributed by atoms with Gasteiger partial charge in [-0.15, -0.1) is 0 Å². The molecule has 1 rings (SSSR count). The number of nitrogens with two attached hydrogens (primary N) is 1. The third kappa shape index (κ3) is 4.46. The lowest BCUT2D eigenvalue weighted by Gasteiger charge is -2.22. The lowest BCUT2D eigenvalue weighted by Crippen LogP contribution is -2.41. The van der Waals surface area contributed by atoms with Crippen LogP contribution in [0.15, 0.2) is 11.1 Å². The van der Waals surface area contributed by atoms with Gasteiger partial charge in [-0.25, -0.2) is 13.1 Å². The Balaban J connectivity index is 2.73. The number of aliphatic hydroxyl groups is 1. The highest BCUT2D eigenvalue weighted by atomic mass is 32.2. The Morgan fingerprint density at radius 3 is 2.74 bits per heavy atom. The SMILES string of the molecule is COCCC(C)(O)CNS(=O)(=O)c1cn(C)nc1N. The van der Waals surface area contributed by atoms with E-state index in [1.165, 1.54) is 24.9 Å². The smallest absolute Gasteiger partial charge is 0.245 e. The van der Waals surface area contributed by atoms with Crippen LogP contribution >= 0.6 is 0 Å². The lowest BCUT2D eigenvalue weighted by molar-refractivity contribution is 0.0292. The molecule has 0 fully saturated rings. The van der Waals surface area contributed by atoms with Gasteiger partial charge in [0.2, 0.25) is 10.0 Å². The van der Waals surface area contributed by atoms with Crippen molar-refractivity contribution in [3.8, 4) is 0 Å². The van der Waals surface area contributed by atoms with Gasteiger partial charge in [0, 0.05) is 39.9 Å². The van der Waals surface area contributed by atoms with Crippen LogP contribution in [0.5, 0.6) is 0 Å². The number of hydrogen-bond donors (Lipinski definition) is 3. The number of ether oxygens (including phenoxy) is 1. The number of methoxy groups -OCH3 is 1.